The second-order valence-corrected chi connectivity index (χ2v) is 8.72. The molecule has 0 unspecified atom stereocenters. The normalized spacial score (nSPS) is 44.8. The summed E-state index contributed by atoms with van der Waals surface area (Å²) in [7, 11) is 0. The van der Waals surface area contributed by atoms with Crippen LogP contribution in [0.15, 0.2) is 18.2 Å². The Labute approximate surface area is 134 Å². The molecule has 0 aromatic heterocycles. The number of hydrogen-bond donors (Lipinski definition) is 2. The van der Waals surface area contributed by atoms with Crippen LogP contribution >= 0.6 is 15.9 Å². The van der Waals surface area contributed by atoms with Gasteiger partial charge in [0.15, 0.2) is 0 Å². The van der Waals surface area contributed by atoms with Crippen molar-refractivity contribution in [3.05, 3.63) is 29.3 Å². The first-order valence-electron chi connectivity index (χ1n) is 8.14. The van der Waals surface area contributed by atoms with Crippen molar-refractivity contribution in [1.82, 2.24) is 0 Å². The van der Waals surface area contributed by atoms with E-state index in [2.05, 4.69) is 28.9 Å². The number of aromatic hydroxyl groups is 1. The summed E-state index contributed by atoms with van der Waals surface area (Å²) < 4.78 is 0. The van der Waals surface area contributed by atoms with Crippen LogP contribution in [-0.4, -0.2) is 21.1 Å². The van der Waals surface area contributed by atoms with Gasteiger partial charge in [-0.2, -0.15) is 0 Å². The fourth-order valence-electron chi connectivity index (χ4n) is 5.51. The third kappa shape index (κ3) is 1.93. The second kappa shape index (κ2) is 4.73. The molecule has 2 saturated carbocycles. The van der Waals surface area contributed by atoms with Gasteiger partial charge >= 0.3 is 0 Å². The van der Waals surface area contributed by atoms with Crippen LogP contribution in [-0.2, 0) is 6.42 Å². The van der Waals surface area contributed by atoms with Gasteiger partial charge in [0, 0.05) is 4.83 Å². The molecule has 3 heteroatoms. The molecule has 2 nitrogen and oxygen atoms in total. The summed E-state index contributed by atoms with van der Waals surface area (Å²) >= 11 is 3.70. The number of fused-ring (bicyclic) bond motifs is 5. The topological polar surface area (TPSA) is 40.5 Å². The van der Waals surface area contributed by atoms with Crippen LogP contribution < -0.4 is 0 Å². The molecule has 0 spiro atoms. The number of phenols is 1. The van der Waals surface area contributed by atoms with E-state index in [0.29, 0.717) is 23.5 Å². The number of aliphatic hydroxyl groups is 1. The molecule has 0 bridgehead atoms. The molecule has 6 atom stereocenters. The zero-order valence-electron chi connectivity index (χ0n) is 12.4. The molecule has 0 heterocycles. The number of rotatable bonds is 0. The summed E-state index contributed by atoms with van der Waals surface area (Å²) in [5.74, 6) is 2.33. The Morgan fingerprint density at radius 2 is 2.10 bits per heavy atom. The van der Waals surface area contributed by atoms with Gasteiger partial charge in [-0.05, 0) is 78.5 Å². The van der Waals surface area contributed by atoms with E-state index in [1.807, 2.05) is 12.1 Å². The van der Waals surface area contributed by atoms with Gasteiger partial charge in [-0.25, -0.2) is 0 Å². The van der Waals surface area contributed by atoms with Crippen molar-refractivity contribution in [2.24, 2.45) is 17.3 Å². The molecule has 0 amide bonds. The first-order chi connectivity index (χ1) is 10.0. The molecule has 0 radical (unpaired) electrons. The quantitative estimate of drug-likeness (QED) is 0.694. The van der Waals surface area contributed by atoms with Gasteiger partial charge in [0.2, 0.25) is 0 Å². The zero-order valence-corrected chi connectivity index (χ0v) is 14.0. The smallest absolute Gasteiger partial charge is 0.115 e. The minimum Gasteiger partial charge on any atom is -0.508 e. The van der Waals surface area contributed by atoms with Gasteiger partial charge in [-0.3, -0.25) is 0 Å². The van der Waals surface area contributed by atoms with Gasteiger partial charge < -0.3 is 10.2 Å². The molecule has 3 aliphatic carbocycles. The van der Waals surface area contributed by atoms with Crippen molar-refractivity contribution in [2.45, 2.75) is 55.9 Å². The molecule has 21 heavy (non-hydrogen) atoms. The van der Waals surface area contributed by atoms with Crippen molar-refractivity contribution < 1.29 is 10.2 Å². The molecular formula is C18H23BrO2. The minimum atomic E-state index is -0.204. The number of alkyl halides is 1. The lowest BCUT2D eigenvalue weighted by Crippen LogP contribution is -2.44. The van der Waals surface area contributed by atoms with E-state index in [-0.39, 0.29) is 16.3 Å². The van der Waals surface area contributed by atoms with Crippen LogP contribution in [0.5, 0.6) is 5.75 Å². The molecule has 3 aliphatic rings. The zero-order chi connectivity index (χ0) is 14.8. The van der Waals surface area contributed by atoms with Crippen molar-refractivity contribution in [2.75, 3.05) is 0 Å². The summed E-state index contributed by atoms with van der Waals surface area (Å²) in [6.45, 7) is 2.30. The van der Waals surface area contributed by atoms with Crippen molar-refractivity contribution in [3.8, 4) is 5.75 Å². The molecule has 4 rings (SSSR count). The lowest BCUT2D eigenvalue weighted by molar-refractivity contribution is -0.0213. The number of halogens is 1. The van der Waals surface area contributed by atoms with Gasteiger partial charge in [0.05, 0.1) is 6.10 Å². The first-order valence-corrected chi connectivity index (χ1v) is 9.06. The molecule has 0 aliphatic heterocycles. The van der Waals surface area contributed by atoms with Gasteiger partial charge in [0.1, 0.15) is 5.75 Å². The average molecular weight is 351 g/mol. The van der Waals surface area contributed by atoms with Gasteiger partial charge in [0.25, 0.3) is 0 Å². The predicted molar refractivity (Wildman–Crippen MR) is 86.8 cm³/mol. The van der Waals surface area contributed by atoms with E-state index < -0.39 is 0 Å². The monoisotopic (exact) mass is 350 g/mol. The van der Waals surface area contributed by atoms with Crippen molar-refractivity contribution in [1.29, 1.82) is 0 Å². The third-order valence-electron chi connectivity index (χ3n) is 6.65. The van der Waals surface area contributed by atoms with Crippen molar-refractivity contribution >= 4 is 15.9 Å². The number of aryl methyl sites for hydroxylation is 1. The Bertz CT molecular complexity index is 572. The largest absolute Gasteiger partial charge is 0.508 e. The van der Waals surface area contributed by atoms with E-state index in [0.717, 1.165) is 19.3 Å². The van der Waals surface area contributed by atoms with Crippen LogP contribution in [0.2, 0.25) is 0 Å². The van der Waals surface area contributed by atoms with Gasteiger partial charge in [-0.15, -0.1) is 0 Å². The summed E-state index contributed by atoms with van der Waals surface area (Å²) in [5.41, 5.74) is 2.89. The van der Waals surface area contributed by atoms with E-state index in [4.69, 9.17) is 0 Å². The van der Waals surface area contributed by atoms with Gasteiger partial charge in [-0.1, -0.05) is 28.9 Å². The molecule has 2 fully saturated rings. The summed E-state index contributed by atoms with van der Waals surface area (Å²) in [4.78, 5) is 0.257. The highest BCUT2D eigenvalue weighted by Gasteiger charge is 2.57. The highest BCUT2D eigenvalue weighted by atomic mass is 79.9. The molecular weight excluding hydrogens is 328 g/mol. The van der Waals surface area contributed by atoms with E-state index >= 15 is 0 Å². The molecule has 114 valence electrons. The fourth-order valence-corrected chi connectivity index (χ4v) is 6.52. The van der Waals surface area contributed by atoms with E-state index in [1.54, 1.807) is 0 Å². The SMILES string of the molecule is C[C@]12CC[C@@H]3c4ccc(O)cc4CC[C@H]3[C@@H]1C[C@H](Br)[C@@H]2O. The number of aliphatic hydroxyl groups excluding tert-OH is 1. The lowest BCUT2D eigenvalue weighted by Gasteiger charge is -2.50. The minimum absolute atomic E-state index is 0.0871. The van der Waals surface area contributed by atoms with E-state index in [9.17, 15) is 10.2 Å². The Kier molecular flexibility index (Phi) is 3.17. The molecule has 0 saturated heterocycles. The van der Waals surface area contributed by atoms with Crippen LogP contribution in [0.25, 0.3) is 0 Å². The van der Waals surface area contributed by atoms with Crippen LogP contribution in [0.3, 0.4) is 0 Å². The predicted octanol–water partition coefficient (Wildman–Crippen LogP) is 3.98. The van der Waals surface area contributed by atoms with E-state index in [1.165, 1.54) is 24.0 Å². The molecule has 1 aromatic carbocycles. The van der Waals surface area contributed by atoms with Crippen LogP contribution in [0.1, 0.15) is 49.7 Å². The maximum absolute atomic E-state index is 10.6. The third-order valence-corrected chi connectivity index (χ3v) is 7.52. The number of benzene rings is 1. The Morgan fingerprint density at radius 3 is 2.90 bits per heavy atom. The second-order valence-electron chi connectivity index (χ2n) is 7.54. The Morgan fingerprint density at radius 1 is 1.29 bits per heavy atom. The standard InChI is InChI=1S/C18H23BrO2/c1-18-7-6-13-12-5-3-11(20)8-10(12)2-4-14(13)15(18)9-16(19)17(18)21/h3,5,8,13-17,20-21H,2,4,6-7,9H2,1H3/t13-,14-,15+,16+,17+,18+/m1/s1. The van der Waals surface area contributed by atoms with Crippen LogP contribution in [0.4, 0.5) is 0 Å². The summed E-state index contributed by atoms with van der Waals surface area (Å²) in [6, 6.07) is 5.93. The summed E-state index contributed by atoms with van der Waals surface area (Å²) in [6.07, 6.45) is 5.46. The Balaban J connectivity index is 1.71. The lowest BCUT2D eigenvalue weighted by atomic mass is 9.55. The maximum atomic E-state index is 10.6. The fraction of sp³-hybridized carbons (Fsp3) is 0.667. The van der Waals surface area contributed by atoms with Crippen molar-refractivity contribution in [3.63, 3.8) is 0 Å². The molecule has 1 aromatic rings. The number of phenolic OH excluding ortho intramolecular Hbond substituents is 1. The Hall–Kier alpha value is -0.540. The number of hydrogen-bond acceptors (Lipinski definition) is 2. The highest BCUT2D eigenvalue weighted by Crippen LogP contribution is 2.61. The maximum Gasteiger partial charge on any atom is 0.115 e. The van der Waals surface area contributed by atoms with Crippen LogP contribution in [0, 0.1) is 17.3 Å². The first kappa shape index (κ1) is 14.1. The summed E-state index contributed by atoms with van der Waals surface area (Å²) in [5, 5.41) is 20.3. The average Bonchev–Trinajstić information content (AvgIpc) is 2.70. The molecule has 2 N–H and O–H groups in total. The highest BCUT2D eigenvalue weighted by molar-refractivity contribution is 9.09.